The number of aromatic nitrogens is 1. The van der Waals surface area contributed by atoms with Gasteiger partial charge in [0.15, 0.2) is 0 Å². The predicted octanol–water partition coefficient (Wildman–Crippen LogP) is 4.26. The van der Waals surface area contributed by atoms with Crippen LogP contribution in [0, 0.1) is 12.7 Å². The maximum absolute atomic E-state index is 13.4. The zero-order valence-electron chi connectivity index (χ0n) is 15.9. The van der Waals surface area contributed by atoms with Crippen molar-refractivity contribution in [2.45, 2.75) is 25.9 Å². The number of benzene rings is 2. The van der Waals surface area contributed by atoms with E-state index in [1.807, 2.05) is 31.2 Å². The van der Waals surface area contributed by atoms with Gasteiger partial charge in [0, 0.05) is 18.3 Å². The van der Waals surface area contributed by atoms with Gasteiger partial charge in [-0.05, 0) is 53.9 Å². The summed E-state index contributed by atoms with van der Waals surface area (Å²) in [6, 6.07) is 16.4. The fourth-order valence-corrected chi connectivity index (χ4v) is 3.60. The fraction of sp³-hybridized carbons (Fsp3) is 0.174. The zero-order chi connectivity index (χ0) is 20.4. The van der Waals surface area contributed by atoms with Crippen LogP contribution >= 0.6 is 0 Å². The van der Waals surface area contributed by atoms with Crippen LogP contribution in [0.25, 0.3) is 0 Å². The Balaban J connectivity index is 1.60. The highest BCUT2D eigenvalue weighted by atomic mass is 19.1. The maximum Gasteiger partial charge on any atom is 0.255 e. The molecular formula is C23H20FN3O2. The molecule has 0 aliphatic carbocycles. The lowest BCUT2D eigenvalue weighted by atomic mass is 10.0. The van der Waals surface area contributed by atoms with Crippen molar-refractivity contribution in [2.24, 2.45) is 0 Å². The van der Waals surface area contributed by atoms with Crippen molar-refractivity contribution in [3.8, 4) is 0 Å². The summed E-state index contributed by atoms with van der Waals surface area (Å²) in [5.74, 6) is -0.293. The molecule has 1 N–H and O–H groups in total. The third-order valence-corrected chi connectivity index (χ3v) is 5.04. The Hall–Kier alpha value is -3.54. The van der Waals surface area contributed by atoms with Crippen LogP contribution in [0.2, 0.25) is 0 Å². The number of amides is 2. The van der Waals surface area contributed by atoms with Crippen molar-refractivity contribution in [1.29, 1.82) is 0 Å². The van der Waals surface area contributed by atoms with E-state index in [-0.39, 0.29) is 24.1 Å². The summed E-state index contributed by atoms with van der Waals surface area (Å²) in [7, 11) is 0. The third kappa shape index (κ3) is 4.01. The van der Waals surface area contributed by atoms with Gasteiger partial charge in [0.2, 0.25) is 5.91 Å². The van der Waals surface area contributed by atoms with Gasteiger partial charge in [-0.1, -0.05) is 30.3 Å². The fourth-order valence-electron chi connectivity index (χ4n) is 3.60. The van der Waals surface area contributed by atoms with Crippen molar-refractivity contribution in [3.05, 3.63) is 94.9 Å². The molecule has 6 heteroatoms. The van der Waals surface area contributed by atoms with Crippen LogP contribution in [0.4, 0.5) is 10.2 Å². The van der Waals surface area contributed by atoms with Crippen LogP contribution < -0.4 is 5.32 Å². The molecule has 1 atom stereocenters. The number of fused-ring (bicyclic) bond motifs is 1. The highest BCUT2D eigenvalue weighted by molar-refractivity contribution is 5.99. The number of rotatable bonds is 5. The van der Waals surface area contributed by atoms with Gasteiger partial charge in [0.1, 0.15) is 11.6 Å². The van der Waals surface area contributed by atoms with Crippen LogP contribution in [0.3, 0.4) is 0 Å². The molecule has 3 aromatic rings. The Morgan fingerprint density at radius 1 is 1.17 bits per heavy atom. The minimum absolute atomic E-state index is 0.0426. The summed E-state index contributed by atoms with van der Waals surface area (Å²) in [5.41, 5.74) is 3.25. The number of halogens is 1. The van der Waals surface area contributed by atoms with Gasteiger partial charge in [0.25, 0.3) is 5.91 Å². The summed E-state index contributed by atoms with van der Waals surface area (Å²) in [6.07, 6.45) is 1.67. The second kappa shape index (κ2) is 7.83. The Morgan fingerprint density at radius 2 is 1.93 bits per heavy atom. The number of carbonyl (C=O) groups excluding carboxylic acids is 2. The topological polar surface area (TPSA) is 62.3 Å². The average Bonchev–Trinajstić information content (AvgIpc) is 3.04. The van der Waals surface area contributed by atoms with Gasteiger partial charge in [-0.2, -0.15) is 0 Å². The van der Waals surface area contributed by atoms with Crippen LogP contribution in [0.1, 0.15) is 39.5 Å². The number of anilines is 1. The van der Waals surface area contributed by atoms with Gasteiger partial charge < -0.3 is 10.2 Å². The molecule has 0 fully saturated rings. The number of nitrogens with one attached hydrogen (secondary N) is 1. The average molecular weight is 389 g/mol. The van der Waals surface area contributed by atoms with E-state index in [0.717, 1.165) is 11.1 Å². The molecule has 29 heavy (non-hydrogen) atoms. The highest BCUT2D eigenvalue weighted by Gasteiger charge is 2.34. The predicted molar refractivity (Wildman–Crippen MR) is 108 cm³/mol. The van der Waals surface area contributed by atoms with Gasteiger partial charge in [-0.3, -0.25) is 9.59 Å². The molecule has 2 amide bonds. The molecule has 146 valence electrons. The van der Waals surface area contributed by atoms with Crippen LogP contribution in [0.5, 0.6) is 0 Å². The molecule has 5 nitrogen and oxygen atoms in total. The Labute approximate surface area is 168 Å². The van der Waals surface area contributed by atoms with Gasteiger partial charge in [-0.15, -0.1) is 0 Å². The Kier molecular flexibility index (Phi) is 5.08. The van der Waals surface area contributed by atoms with Crippen molar-refractivity contribution in [3.63, 3.8) is 0 Å². The second-order valence-electron chi connectivity index (χ2n) is 7.13. The third-order valence-electron chi connectivity index (χ3n) is 5.04. The first-order valence-electron chi connectivity index (χ1n) is 9.38. The van der Waals surface area contributed by atoms with E-state index >= 15 is 0 Å². The molecule has 1 aliphatic heterocycles. The zero-order valence-corrected chi connectivity index (χ0v) is 15.9. The van der Waals surface area contributed by atoms with E-state index < -0.39 is 6.04 Å². The van der Waals surface area contributed by atoms with E-state index in [2.05, 4.69) is 10.3 Å². The summed E-state index contributed by atoms with van der Waals surface area (Å²) < 4.78 is 13.4. The normalized spacial score (nSPS) is 13.9. The number of carbonyl (C=O) groups is 2. The largest absolute Gasteiger partial charge is 0.327 e. The standard InChI is InChI=1S/C23H20FN3O2/c1-15-10-11-25-21(12-15)26-22(28)13-20(16-6-8-18(24)9-7-16)27-14-17-4-2-3-5-19(17)23(27)29/h2-12,20H,13-14H2,1H3,(H,25,26,28). The van der Waals surface area contributed by atoms with E-state index in [0.29, 0.717) is 23.5 Å². The number of hydrogen-bond donors (Lipinski definition) is 1. The van der Waals surface area contributed by atoms with E-state index in [1.165, 1.54) is 12.1 Å². The number of aryl methyl sites for hydroxylation is 1. The lowest BCUT2D eigenvalue weighted by molar-refractivity contribution is -0.117. The van der Waals surface area contributed by atoms with Crippen LogP contribution in [0.15, 0.2) is 66.9 Å². The minimum atomic E-state index is -0.514. The molecule has 1 unspecified atom stereocenters. The van der Waals surface area contributed by atoms with Crippen molar-refractivity contribution < 1.29 is 14.0 Å². The first-order chi connectivity index (χ1) is 14.0. The van der Waals surface area contributed by atoms with Crippen LogP contribution in [-0.2, 0) is 11.3 Å². The summed E-state index contributed by atoms with van der Waals surface area (Å²) in [5, 5.41) is 2.79. The van der Waals surface area contributed by atoms with Gasteiger partial charge >= 0.3 is 0 Å². The molecule has 0 saturated carbocycles. The lowest BCUT2D eigenvalue weighted by Gasteiger charge is -2.28. The van der Waals surface area contributed by atoms with Gasteiger partial charge in [0.05, 0.1) is 12.5 Å². The van der Waals surface area contributed by atoms with Crippen molar-refractivity contribution in [1.82, 2.24) is 9.88 Å². The maximum atomic E-state index is 13.4. The van der Waals surface area contributed by atoms with E-state index in [9.17, 15) is 14.0 Å². The molecule has 2 heterocycles. The molecule has 0 bridgehead atoms. The van der Waals surface area contributed by atoms with E-state index in [4.69, 9.17) is 0 Å². The quantitative estimate of drug-likeness (QED) is 0.709. The lowest BCUT2D eigenvalue weighted by Crippen LogP contribution is -2.32. The van der Waals surface area contributed by atoms with Crippen molar-refractivity contribution in [2.75, 3.05) is 5.32 Å². The molecule has 1 aromatic heterocycles. The smallest absolute Gasteiger partial charge is 0.255 e. The SMILES string of the molecule is Cc1ccnc(NC(=O)CC(c2ccc(F)cc2)N2Cc3ccccc3C2=O)c1. The highest BCUT2D eigenvalue weighted by Crippen LogP contribution is 2.33. The molecule has 1 aliphatic rings. The van der Waals surface area contributed by atoms with E-state index in [1.54, 1.807) is 35.4 Å². The Bertz CT molecular complexity index is 1070. The molecular weight excluding hydrogens is 369 g/mol. The summed E-state index contributed by atoms with van der Waals surface area (Å²) >= 11 is 0. The summed E-state index contributed by atoms with van der Waals surface area (Å²) in [4.78, 5) is 31.5. The molecule has 2 aromatic carbocycles. The second-order valence-corrected chi connectivity index (χ2v) is 7.13. The molecule has 0 spiro atoms. The number of nitrogens with zero attached hydrogens (tertiary/aromatic N) is 2. The van der Waals surface area contributed by atoms with Crippen LogP contribution in [-0.4, -0.2) is 21.7 Å². The molecule has 0 radical (unpaired) electrons. The van der Waals surface area contributed by atoms with Gasteiger partial charge in [-0.25, -0.2) is 9.37 Å². The first kappa shape index (κ1) is 18.8. The monoisotopic (exact) mass is 389 g/mol. The Morgan fingerprint density at radius 3 is 2.66 bits per heavy atom. The molecule has 0 saturated heterocycles. The number of pyridine rings is 1. The van der Waals surface area contributed by atoms with Crippen molar-refractivity contribution >= 4 is 17.6 Å². The summed E-state index contributed by atoms with van der Waals surface area (Å²) in [6.45, 7) is 2.33. The molecule has 4 rings (SSSR count). The minimum Gasteiger partial charge on any atom is -0.327 e. The first-order valence-corrected chi connectivity index (χ1v) is 9.38. The number of hydrogen-bond acceptors (Lipinski definition) is 3.